The van der Waals surface area contributed by atoms with Crippen molar-refractivity contribution in [3.63, 3.8) is 0 Å². The summed E-state index contributed by atoms with van der Waals surface area (Å²) >= 11 is 0. The summed E-state index contributed by atoms with van der Waals surface area (Å²) < 4.78 is 16.9. The number of anilines is 1. The van der Waals surface area contributed by atoms with Crippen molar-refractivity contribution in [1.29, 1.82) is 0 Å². The Morgan fingerprint density at radius 3 is 2.76 bits per heavy atom. The molecule has 1 amide bonds. The van der Waals surface area contributed by atoms with Gasteiger partial charge < -0.3 is 5.32 Å². The third-order valence-corrected chi connectivity index (χ3v) is 6.37. The molecule has 1 N–H and O–H groups in total. The second-order valence-electron chi connectivity index (χ2n) is 8.96. The molecule has 174 valence electrons. The number of amides is 1. The van der Waals surface area contributed by atoms with Crippen molar-refractivity contribution in [2.75, 3.05) is 18.0 Å². The van der Waals surface area contributed by atoms with Crippen molar-refractivity contribution in [2.45, 2.75) is 32.7 Å². The fraction of sp³-hybridized carbons (Fsp3) is 0.308. The first kappa shape index (κ1) is 22.2. The number of nitrogens with zero attached hydrogens (tertiary/aromatic N) is 5. The Morgan fingerprint density at radius 2 is 2.06 bits per heavy atom. The lowest BCUT2D eigenvalue weighted by molar-refractivity contribution is 0.0968. The van der Waals surface area contributed by atoms with Gasteiger partial charge in [-0.05, 0) is 62.4 Å². The highest BCUT2D eigenvalue weighted by Crippen LogP contribution is 2.33. The van der Waals surface area contributed by atoms with E-state index in [0.717, 1.165) is 41.3 Å². The summed E-state index contributed by atoms with van der Waals surface area (Å²) in [6, 6.07) is 10.6. The minimum atomic E-state index is -0.588. The van der Waals surface area contributed by atoms with E-state index in [-0.39, 0.29) is 11.6 Å². The zero-order chi connectivity index (χ0) is 23.8. The molecule has 5 rings (SSSR count). The van der Waals surface area contributed by atoms with Crippen molar-refractivity contribution >= 4 is 22.5 Å². The van der Waals surface area contributed by atoms with Crippen molar-refractivity contribution in [1.82, 2.24) is 25.3 Å². The molecule has 34 heavy (non-hydrogen) atoms. The van der Waals surface area contributed by atoms with Gasteiger partial charge in [0.1, 0.15) is 17.3 Å². The Hall–Kier alpha value is -3.65. The smallest absolute Gasteiger partial charge is 0.262 e. The Kier molecular flexibility index (Phi) is 5.83. The van der Waals surface area contributed by atoms with Crippen LogP contribution in [0.3, 0.4) is 0 Å². The third kappa shape index (κ3) is 4.05. The lowest BCUT2D eigenvalue weighted by Gasteiger charge is -2.35. The average molecular weight is 459 g/mol. The van der Waals surface area contributed by atoms with Crippen LogP contribution in [-0.2, 0) is 7.05 Å². The number of piperidine rings is 1. The molecule has 0 saturated carbocycles. The number of halogens is 1. The first-order valence-electron chi connectivity index (χ1n) is 11.5. The Labute approximate surface area is 197 Å². The van der Waals surface area contributed by atoms with Crippen LogP contribution in [0.4, 0.5) is 10.2 Å². The third-order valence-electron chi connectivity index (χ3n) is 6.37. The number of rotatable bonds is 4. The van der Waals surface area contributed by atoms with Crippen LogP contribution in [0.15, 0.2) is 48.8 Å². The maximum absolute atomic E-state index is 15.3. The Bertz CT molecular complexity index is 1380. The van der Waals surface area contributed by atoms with E-state index in [2.05, 4.69) is 39.7 Å². The molecule has 0 radical (unpaired) electrons. The number of carbonyl (C=O) groups is 1. The number of hydrogen-bond acceptors (Lipinski definition) is 5. The van der Waals surface area contributed by atoms with Crippen LogP contribution in [0.5, 0.6) is 0 Å². The van der Waals surface area contributed by atoms with Crippen LogP contribution < -0.4 is 10.2 Å². The van der Waals surface area contributed by atoms with Gasteiger partial charge in [-0.3, -0.25) is 14.4 Å². The van der Waals surface area contributed by atoms with Crippen molar-refractivity contribution in [3.05, 3.63) is 71.3 Å². The van der Waals surface area contributed by atoms with E-state index >= 15 is 4.39 Å². The van der Waals surface area contributed by atoms with Crippen molar-refractivity contribution in [2.24, 2.45) is 7.05 Å². The molecule has 2 aromatic carbocycles. The van der Waals surface area contributed by atoms with Gasteiger partial charge in [0, 0.05) is 30.7 Å². The van der Waals surface area contributed by atoms with Crippen LogP contribution >= 0.6 is 0 Å². The summed E-state index contributed by atoms with van der Waals surface area (Å²) in [4.78, 5) is 20.3. The second kappa shape index (κ2) is 8.95. The van der Waals surface area contributed by atoms with Crippen LogP contribution in [0.2, 0.25) is 0 Å². The largest absolute Gasteiger partial charge is 0.315 e. The number of benzene rings is 2. The molecular weight excluding hydrogens is 431 g/mol. The van der Waals surface area contributed by atoms with Crippen molar-refractivity contribution < 1.29 is 9.18 Å². The topological polar surface area (TPSA) is 75.9 Å². The minimum absolute atomic E-state index is 0.0155. The molecule has 1 fully saturated rings. The summed E-state index contributed by atoms with van der Waals surface area (Å²) in [5.74, 6) is -0.405. The molecule has 2 aromatic heterocycles. The first-order chi connectivity index (χ1) is 16.4. The van der Waals surface area contributed by atoms with E-state index in [1.165, 1.54) is 12.1 Å². The normalized spacial score (nSPS) is 16.1. The van der Waals surface area contributed by atoms with Crippen LogP contribution in [0.1, 0.15) is 34.3 Å². The van der Waals surface area contributed by atoms with Gasteiger partial charge in [-0.15, -0.1) is 5.10 Å². The van der Waals surface area contributed by atoms with Gasteiger partial charge in [0.05, 0.1) is 17.8 Å². The van der Waals surface area contributed by atoms with E-state index in [1.807, 2.05) is 13.0 Å². The van der Waals surface area contributed by atoms with Gasteiger partial charge in [-0.25, -0.2) is 9.37 Å². The molecule has 0 aliphatic carbocycles. The summed E-state index contributed by atoms with van der Waals surface area (Å²) in [5, 5.41) is 13.3. The van der Waals surface area contributed by atoms with E-state index < -0.39 is 11.7 Å². The average Bonchev–Trinajstić information content (AvgIpc) is 3.26. The van der Waals surface area contributed by atoms with Gasteiger partial charge in [0.15, 0.2) is 0 Å². The number of aromatic nitrogens is 4. The zero-order valence-corrected chi connectivity index (χ0v) is 19.5. The lowest BCUT2D eigenvalue weighted by Crippen LogP contribution is -2.49. The lowest BCUT2D eigenvalue weighted by atomic mass is 9.99. The molecule has 1 aliphatic heterocycles. The first-order valence-corrected chi connectivity index (χ1v) is 11.5. The number of fused-ring (bicyclic) bond motifs is 1. The van der Waals surface area contributed by atoms with Gasteiger partial charge in [0.2, 0.25) is 0 Å². The fourth-order valence-corrected chi connectivity index (χ4v) is 4.82. The van der Waals surface area contributed by atoms with Crippen LogP contribution in [-0.4, -0.2) is 45.0 Å². The predicted octanol–water partition coefficient (Wildman–Crippen LogP) is 4.19. The highest BCUT2D eigenvalue weighted by atomic mass is 19.1. The molecule has 1 atom stereocenters. The van der Waals surface area contributed by atoms with Crippen LogP contribution in [0, 0.1) is 19.7 Å². The fourth-order valence-electron chi connectivity index (χ4n) is 4.82. The standard InChI is InChI=1S/C26H27FN6O/c1-16-11-17(2)24-19(12-16)8-10-29-25(24)33(20-5-4-9-28-14-20)26(34)21-7-6-18(13-22(21)27)23-15-32(3)31-30-23/h6-8,10-13,15,20,28H,4-5,9,14H2,1-3H3. The highest BCUT2D eigenvalue weighted by molar-refractivity contribution is 6.11. The number of pyridine rings is 1. The van der Waals surface area contributed by atoms with Gasteiger partial charge in [0.25, 0.3) is 5.91 Å². The Morgan fingerprint density at radius 1 is 1.21 bits per heavy atom. The maximum atomic E-state index is 15.3. The van der Waals surface area contributed by atoms with Crippen molar-refractivity contribution in [3.8, 4) is 11.3 Å². The molecule has 0 bridgehead atoms. The molecule has 8 heteroatoms. The van der Waals surface area contributed by atoms with Crippen LogP contribution in [0.25, 0.3) is 22.0 Å². The number of carbonyl (C=O) groups excluding carboxylic acids is 1. The molecule has 1 saturated heterocycles. The summed E-state index contributed by atoms with van der Waals surface area (Å²) in [6.45, 7) is 5.61. The monoisotopic (exact) mass is 458 g/mol. The van der Waals surface area contributed by atoms with E-state index in [4.69, 9.17) is 0 Å². The molecule has 7 nitrogen and oxygen atoms in total. The van der Waals surface area contributed by atoms with Gasteiger partial charge in [-0.2, -0.15) is 0 Å². The quantitative estimate of drug-likeness (QED) is 0.496. The van der Waals surface area contributed by atoms with Gasteiger partial charge in [-0.1, -0.05) is 29.0 Å². The SMILES string of the molecule is Cc1cc(C)c2c(N(C(=O)c3ccc(-c4cn(C)nn4)cc3F)C3CCCNC3)nccc2c1. The van der Waals surface area contributed by atoms with E-state index in [1.54, 1.807) is 35.1 Å². The summed E-state index contributed by atoms with van der Waals surface area (Å²) in [7, 11) is 1.75. The number of hydrogen-bond donors (Lipinski definition) is 1. The number of nitrogens with one attached hydrogen (secondary N) is 1. The number of aryl methyl sites for hydroxylation is 3. The van der Waals surface area contributed by atoms with E-state index in [0.29, 0.717) is 23.6 Å². The molecule has 0 spiro atoms. The molecule has 3 heterocycles. The maximum Gasteiger partial charge on any atom is 0.262 e. The summed E-state index contributed by atoms with van der Waals surface area (Å²) in [5.41, 5.74) is 3.32. The van der Waals surface area contributed by atoms with Gasteiger partial charge >= 0.3 is 0 Å². The molecule has 1 aliphatic rings. The summed E-state index contributed by atoms with van der Waals surface area (Å²) in [6.07, 6.45) is 5.19. The molecule has 1 unspecified atom stereocenters. The molecular formula is C26H27FN6O. The second-order valence-corrected chi connectivity index (χ2v) is 8.96. The van der Waals surface area contributed by atoms with E-state index in [9.17, 15) is 4.79 Å². The molecule has 4 aromatic rings. The zero-order valence-electron chi connectivity index (χ0n) is 19.5. The highest BCUT2D eigenvalue weighted by Gasteiger charge is 2.31. The Balaban J connectivity index is 1.61. The minimum Gasteiger partial charge on any atom is -0.315 e. The predicted molar refractivity (Wildman–Crippen MR) is 130 cm³/mol.